The van der Waals surface area contributed by atoms with Crippen LogP contribution >= 0.6 is 0 Å². The summed E-state index contributed by atoms with van der Waals surface area (Å²) in [5, 5.41) is 7.35. The Morgan fingerprint density at radius 2 is 1.52 bits per heavy atom. The highest BCUT2D eigenvalue weighted by Crippen LogP contribution is 2.14. The summed E-state index contributed by atoms with van der Waals surface area (Å²) in [7, 11) is -2.50. The van der Waals surface area contributed by atoms with Crippen LogP contribution in [0.25, 0.3) is 0 Å². The van der Waals surface area contributed by atoms with Gasteiger partial charge in [0.05, 0.1) is 12.7 Å². The van der Waals surface area contributed by atoms with Gasteiger partial charge in [0.1, 0.15) is 22.1 Å². The van der Waals surface area contributed by atoms with Crippen LogP contribution in [0.1, 0.15) is 10.4 Å². The van der Waals surface area contributed by atoms with E-state index in [0.29, 0.717) is 17.0 Å². The first-order valence-electron chi connectivity index (χ1n) is 8.34. The normalized spacial score (nSPS) is 13.0. The van der Waals surface area contributed by atoms with E-state index >= 15 is 0 Å². The van der Waals surface area contributed by atoms with E-state index in [1.807, 2.05) is 0 Å². The first kappa shape index (κ1) is 20.0. The second-order valence-corrected chi connectivity index (χ2v) is 7.18. The van der Waals surface area contributed by atoms with Crippen molar-refractivity contribution in [2.45, 2.75) is 4.90 Å². The van der Waals surface area contributed by atoms with Crippen LogP contribution in [0, 0.1) is 0 Å². The maximum Gasteiger partial charge on any atom is 0.365 e. The number of methoxy groups -OCH3 is 1. The second-order valence-electron chi connectivity index (χ2n) is 5.65. The fraction of sp³-hybridized carbons (Fsp3) is 0.0500. The van der Waals surface area contributed by atoms with Crippen molar-refractivity contribution in [3.8, 4) is 5.75 Å². The van der Waals surface area contributed by atoms with Gasteiger partial charge in [-0.1, -0.05) is 34.6 Å². The molecular weight excluding hydrogens is 396 g/mol. The predicted octanol–water partition coefficient (Wildman–Crippen LogP) is 3.10. The lowest BCUT2D eigenvalue weighted by molar-refractivity contribution is 0.0517. The van der Waals surface area contributed by atoms with Crippen LogP contribution in [-0.2, 0) is 19.2 Å². The van der Waals surface area contributed by atoms with E-state index < -0.39 is 16.1 Å². The van der Waals surface area contributed by atoms with Crippen LogP contribution in [0.15, 0.2) is 94.1 Å². The Morgan fingerprint density at radius 3 is 2.17 bits per heavy atom. The average molecular weight is 412 g/mol. The third-order valence-electron chi connectivity index (χ3n) is 3.66. The molecule has 0 saturated heterocycles. The summed E-state index contributed by atoms with van der Waals surface area (Å²) in [4.78, 5) is 16.9. The van der Waals surface area contributed by atoms with Crippen LogP contribution < -0.4 is 4.74 Å². The second kappa shape index (κ2) is 8.98. The quantitative estimate of drug-likeness (QED) is 0.410. The highest BCUT2D eigenvalue weighted by molar-refractivity contribution is 7.86. The van der Waals surface area contributed by atoms with Gasteiger partial charge in [-0.3, -0.25) is 4.28 Å². The molecule has 0 atom stereocenters. The van der Waals surface area contributed by atoms with Gasteiger partial charge in [0.2, 0.25) is 0 Å². The van der Waals surface area contributed by atoms with Crippen LogP contribution in [0.3, 0.4) is 0 Å². The number of carbonyl (C=O) groups excluding carboxylic acids is 1. The van der Waals surface area contributed by atoms with E-state index in [-0.39, 0.29) is 10.6 Å². The molecule has 29 heavy (non-hydrogen) atoms. The van der Waals surface area contributed by atoms with E-state index in [1.54, 1.807) is 36.4 Å². The monoisotopic (exact) mass is 412 g/mol. The summed E-state index contributed by atoms with van der Waals surface area (Å²) in [5.74, 6) is -0.120. The minimum Gasteiger partial charge on any atom is -0.497 e. The fourth-order valence-corrected chi connectivity index (χ4v) is 2.95. The first-order valence-corrected chi connectivity index (χ1v) is 9.75. The molecular formula is C20H16N2O6S. The van der Waals surface area contributed by atoms with Crippen molar-refractivity contribution < 1.29 is 27.1 Å². The molecule has 0 heterocycles. The lowest BCUT2D eigenvalue weighted by Crippen LogP contribution is -2.07. The number of oxime groups is 2. The predicted molar refractivity (Wildman–Crippen MR) is 106 cm³/mol. The van der Waals surface area contributed by atoms with Gasteiger partial charge in [0.15, 0.2) is 0 Å². The Balaban J connectivity index is 1.61. The first-order chi connectivity index (χ1) is 14.0. The molecule has 8 nitrogen and oxygen atoms in total. The van der Waals surface area contributed by atoms with Crippen LogP contribution in [0.5, 0.6) is 5.75 Å². The maximum atomic E-state index is 12.0. The Kier molecular flexibility index (Phi) is 6.20. The minimum absolute atomic E-state index is 0.000162. The molecule has 0 saturated carbocycles. The Morgan fingerprint density at radius 1 is 0.862 bits per heavy atom. The summed E-state index contributed by atoms with van der Waals surface area (Å²) in [6, 6.07) is 14.1. The van der Waals surface area contributed by atoms with Crippen molar-refractivity contribution in [1.82, 2.24) is 0 Å². The maximum absolute atomic E-state index is 12.0. The number of benzene rings is 2. The molecule has 1 aliphatic rings. The number of allylic oxidation sites excluding steroid dienone is 4. The third kappa shape index (κ3) is 5.39. The van der Waals surface area contributed by atoms with Crippen LogP contribution in [0.2, 0.25) is 0 Å². The summed E-state index contributed by atoms with van der Waals surface area (Å²) in [6.07, 6.45) is 5.93. The summed E-state index contributed by atoms with van der Waals surface area (Å²) >= 11 is 0. The van der Waals surface area contributed by atoms with Gasteiger partial charge >= 0.3 is 16.1 Å². The SMILES string of the molecule is COc1cccc(C(=O)ON=C2C=CC(=NOS(=O)(=O)c3ccccc3)C=C2)c1. The third-order valence-corrected chi connectivity index (χ3v) is 4.78. The van der Waals surface area contributed by atoms with Gasteiger partial charge in [0.25, 0.3) is 0 Å². The molecule has 0 aromatic heterocycles. The van der Waals surface area contributed by atoms with Crippen molar-refractivity contribution in [3.05, 3.63) is 84.5 Å². The van der Waals surface area contributed by atoms with Crippen molar-refractivity contribution >= 4 is 27.5 Å². The fourth-order valence-electron chi connectivity index (χ4n) is 2.19. The molecule has 0 N–H and O–H groups in total. The Labute approximate surface area is 167 Å². The molecule has 3 rings (SSSR count). The van der Waals surface area contributed by atoms with Gasteiger partial charge in [-0.25, -0.2) is 4.79 Å². The van der Waals surface area contributed by atoms with Gasteiger partial charge in [-0.15, -0.1) is 0 Å². The zero-order chi connectivity index (χ0) is 20.7. The number of carbonyl (C=O) groups is 1. The smallest absolute Gasteiger partial charge is 0.365 e. The van der Waals surface area contributed by atoms with Gasteiger partial charge < -0.3 is 9.57 Å². The summed E-state index contributed by atoms with van der Waals surface area (Å²) in [6.45, 7) is 0. The van der Waals surface area contributed by atoms with Gasteiger partial charge in [0, 0.05) is 0 Å². The van der Waals surface area contributed by atoms with Gasteiger partial charge in [-0.2, -0.15) is 8.42 Å². The van der Waals surface area contributed by atoms with Gasteiger partial charge in [-0.05, 0) is 54.6 Å². The lowest BCUT2D eigenvalue weighted by atomic mass is 10.1. The van der Waals surface area contributed by atoms with Crippen LogP contribution in [0.4, 0.5) is 0 Å². The highest BCUT2D eigenvalue weighted by atomic mass is 32.2. The average Bonchev–Trinajstić information content (AvgIpc) is 2.77. The summed E-state index contributed by atoms with van der Waals surface area (Å²) in [5.41, 5.74) is 0.882. The standard InChI is InChI=1S/C20H16N2O6S/c1-26-18-7-5-6-15(14-18)20(23)27-21-16-10-12-17(13-11-16)22-28-29(24,25)19-8-3-2-4-9-19/h2-14H,1H3. The zero-order valence-electron chi connectivity index (χ0n) is 15.3. The molecule has 0 spiro atoms. The molecule has 2 aromatic rings. The molecule has 2 aromatic carbocycles. The van der Waals surface area contributed by atoms with Crippen molar-refractivity contribution in [2.24, 2.45) is 10.3 Å². The van der Waals surface area contributed by atoms with Crippen molar-refractivity contribution in [1.29, 1.82) is 0 Å². The number of hydrogen-bond donors (Lipinski definition) is 0. The van der Waals surface area contributed by atoms with Crippen molar-refractivity contribution in [3.63, 3.8) is 0 Å². The highest BCUT2D eigenvalue weighted by Gasteiger charge is 2.15. The van der Waals surface area contributed by atoms with E-state index in [1.165, 1.54) is 49.6 Å². The molecule has 148 valence electrons. The molecule has 0 aliphatic heterocycles. The topological polar surface area (TPSA) is 104 Å². The zero-order valence-corrected chi connectivity index (χ0v) is 16.1. The largest absolute Gasteiger partial charge is 0.497 e. The Bertz CT molecular complexity index is 1100. The van der Waals surface area contributed by atoms with E-state index in [4.69, 9.17) is 9.57 Å². The van der Waals surface area contributed by atoms with Crippen molar-refractivity contribution in [2.75, 3.05) is 7.11 Å². The number of ether oxygens (including phenoxy) is 1. The molecule has 0 radical (unpaired) electrons. The lowest BCUT2D eigenvalue weighted by Gasteiger charge is -2.04. The number of hydrogen-bond acceptors (Lipinski definition) is 8. The minimum atomic E-state index is -4.00. The van der Waals surface area contributed by atoms with E-state index in [2.05, 4.69) is 14.6 Å². The molecule has 0 bridgehead atoms. The Hall–Kier alpha value is -3.72. The summed E-state index contributed by atoms with van der Waals surface area (Å²) < 4.78 is 33.8. The van der Waals surface area contributed by atoms with Crippen LogP contribution in [-0.4, -0.2) is 32.9 Å². The molecule has 0 unspecified atom stereocenters. The number of nitrogens with zero attached hydrogens (tertiary/aromatic N) is 2. The van der Waals surface area contributed by atoms with E-state index in [9.17, 15) is 13.2 Å². The molecule has 0 fully saturated rings. The van der Waals surface area contributed by atoms with E-state index in [0.717, 1.165) is 0 Å². The molecule has 1 aliphatic carbocycles. The number of rotatable bonds is 6. The molecule has 9 heteroatoms. The molecule has 0 amide bonds.